The van der Waals surface area contributed by atoms with Gasteiger partial charge in [-0.05, 0) is 37.9 Å². The van der Waals surface area contributed by atoms with Gasteiger partial charge in [0.1, 0.15) is 5.75 Å². The maximum atomic E-state index is 12.0. The molecule has 1 aromatic heterocycles. The molecule has 0 bridgehead atoms. The van der Waals surface area contributed by atoms with Gasteiger partial charge in [-0.25, -0.2) is 0 Å². The number of ether oxygens (including phenoxy) is 1. The van der Waals surface area contributed by atoms with E-state index in [1.54, 1.807) is 0 Å². The zero-order valence-corrected chi connectivity index (χ0v) is 9.33. The average Bonchev–Trinajstić information content (AvgIpc) is 2.65. The molecule has 0 saturated carbocycles. The largest absolute Gasteiger partial charge is 0.573 e. The van der Waals surface area contributed by atoms with Gasteiger partial charge in [-0.15, -0.1) is 24.5 Å². The molecule has 0 radical (unpaired) electrons. The van der Waals surface area contributed by atoms with Crippen LogP contribution in [0.25, 0.3) is 0 Å². The first kappa shape index (κ1) is 11.7. The van der Waals surface area contributed by atoms with Crippen molar-refractivity contribution in [1.82, 2.24) is 5.32 Å². The molecule has 1 aliphatic heterocycles. The van der Waals surface area contributed by atoms with Crippen LogP contribution in [-0.4, -0.2) is 19.5 Å². The molecule has 0 aromatic carbocycles. The summed E-state index contributed by atoms with van der Waals surface area (Å²) in [6.45, 7) is 1.86. The molecule has 2 rings (SSSR count). The molecule has 2 nitrogen and oxygen atoms in total. The maximum absolute atomic E-state index is 12.0. The molecule has 0 spiro atoms. The Morgan fingerprint density at radius 2 is 2.00 bits per heavy atom. The fourth-order valence-electron chi connectivity index (χ4n) is 1.84. The van der Waals surface area contributed by atoms with Crippen molar-refractivity contribution < 1.29 is 17.9 Å². The summed E-state index contributed by atoms with van der Waals surface area (Å²) >= 11 is 1.34. The second-order valence-electron chi connectivity index (χ2n) is 3.76. The van der Waals surface area contributed by atoms with E-state index in [1.165, 1.54) is 22.8 Å². The Labute approximate surface area is 95.4 Å². The van der Waals surface area contributed by atoms with Crippen LogP contribution in [0.1, 0.15) is 23.6 Å². The molecule has 0 atom stereocenters. The Balaban J connectivity index is 2.01. The van der Waals surface area contributed by atoms with Crippen LogP contribution in [0.4, 0.5) is 13.2 Å². The lowest BCUT2D eigenvalue weighted by Gasteiger charge is -2.21. The number of nitrogens with one attached hydrogen (secondary N) is 1. The van der Waals surface area contributed by atoms with E-state index >= 15 is 0 Å². The van der Waals surface area contributed by atoms with Crippen molar-refractivity contribution in [3.05, 3.63) is 16.3 Å². The third kappa shape index (κ3) is 3.12. The van der Waals surface area contributed by atoms with Gasteiger partial charge in [0.2, 0.25) is 0 Å². The van der Waals surface area contributed by atoms with Crippen LogP contribution < -0.4 is 10.1 Å². The van der Waals surface area contributed by atoms with Gasteiger partial charge in [0.05, 0.1) is 0 Å². The minimum Gasteiger partial charge on any atom is -0.405 e. The predicted octanol–water partition coefficient (Wildman–Crippen LogP) is 3.11. The molecule has 0 aliphatic carbocycles. The Morgan fingerprint density at radius 3 is 2.62 bits per heavy atom. The number of hydrogen-bond acceptors (Lipinski definition) is 3. The fourth-order valence-corrected chi connectivity index (χ4v) is 2.82. The molecular weight excluding hydrogens is 239 g/mol. The number of hydrogen-bond donors (Lipinski definition) is 1. The Morgan fingerprint density at radius 1 is 1.31 bits per heavy atom. The number of thiophene rings is 1. The van der Waals surface area contributed by atoms with Gasteiger partial charge in [-0.1, -0.05) is 0 Å². The lowest BCUT2D eigenvalue weighted by molar-refractivity contribution is -0.274. The zero-order valence-electron chi connectivity index (χ0n) is 8.51. The van der Waals surface area contributed by atoms with E-state index in [2.05, 4.69) is 10.1 Å². The van der Waals surface area contributed by atoms with Gasteiger partial charge in [0, 0.05) is 10.3 Å². The van der Waals surface area contributed by atoms with E-state index in [0.717, 1.165) is 30.8 Å². The van der Waals surface area contributed by atoms with E-state index < -0.39 is 6.36 Å². The molecular formula is C10H12F3NOS. The minimum atomic E-state index is -4.59. The standard InChI is InChI=1S/C10H12F3NOS/c11-10(12,13)15-8-5-9(16-6-8)7-1-3-14-4-2-7/h5-7,14H,1-4H2. The lowest BCUT2D eigenvalue weighted by Crippen LogP contribution is -2.26. The summed E-state index contributed by atoms with van der Waals surface area (Å²) in [6, 6.07) is 1.51. The molecule has 90 valence electrons. The average molecular weight is 251 g/mol. The first-order chi connectivity index (χ1) is 7.54. The number of alkyl halides is 3. The normalized spacial score (nSPS) is 18.7. The van der Waals surface area contributed by atoms with E-state index in [4.69, 9.17) is 0 Å². The van der Waals surface area contributed by atoms with Crippen molar-refractivity contribution in [3.63, 3.8) is 0 Å². The molecule has 0 amide bonds. The first-order valence-electron chi connectivity index (χ1n) is 5.09. The molecule has 1 aromatic rings. The van der Waals surface area contributed by atoms with Gasteiger partial charge < -0.3 is 10.1 Å². The highest BCUT2D eigenvalue weighted by molar-refractivity contribution is 7.10. The topological polar surface area (TPSA) is 21.3 Å². The molecule has 1 aliphatic rings. The zero-order chi connectivity index (χ0) is 11.6. The van der Waals surface area contributed by atoms with Crippen LogP contribution in [-0.2, 0) is 0 Å². The Hall–Kier alpha value is -0.750. The molecule has 6 heteroatoms. The van der Waals surface area contributed by atoms with Crippen LogP contribution in [0.15, 0.2) is 11.4 Å². The van der Waals surface area contributed by atoms with Crippen molar-refractivity contribution in [3.8, 4) is 5.75 Å². The second kappa shape index (κ2) is 4.63. The molecule has 16 heavy (non-hydrogen) atoms. The maximum Gasteiger partial charge on any atom is 0.573 e. The summed E-state index contributed by atoms with van der Waals surface area (Å²) in [4.78, 5) is 0.987. The predicted molar refractivity (Wildman–Crippen MR) is 55.8 cm³/mol. The Kier molecular flexibility index (Phi) is 3.39. The molecule has 0 unspecified atom stereocenters. The van der Waals surface area contributed by atoms with E-state index in [1.807, 2.05) is 0 Å². The minimum absolute atomic E-state index is 0.0916. The van der Waals surface area contributed by atoms with Crippen LogP contribution in [0.2, 0.25) is 0 Å². The van der Waals surface area contributed by atoms with E-state index in [9.17, 15) is 13.2 Å². The molecule has 1 N–H and O–H groups in total. The fraction of sp³-hybridized carbons (Fsp3) is 0.600. The summed E-state index contributed by atoms with van der Waals surface area (Å²) in [5, 5.41) is 4.64. The van der Waals surface area contributed by atoms with Gasteiger partial charge in [0.25, 0.3) is 0 Å². The summed E-state index contributed by atoms with van der Waals surface area (Å²) in [6.07, 6.45) is -2.63. The third-order valence-corrected chi connectivity index (χ3v) is 3.64. The van der Waals surface area contributed by atoms with Gasteiger partial charge >= 0.3 is 6.36 Å². The second-order valence-corrected chi connectivity index (χ2v) is 4.70. The molecule has 1 saturated heterocycles. The summed E-state index contributed by atoms with van der Waals surface area (Å²) in [7, 11) is 0. The van der Waals surface area contributed by atoms with Crippen molar-refractivity contribution in [2.24, 2.45) is 0 Å². The van der Waals surface area contributed by atoms with Crippen LogP contribution >= 0.6 is 11.3 Å². The highest BCUT2D eigenvalue weighted by Gasteiger charge is 2.31. The highest BCUT2D eigenvalue weighted by atomic mass is 32.1. The van der Waals surface area contributed by atoms with Crippen molar-refractivity contribution in [2.75, 3.05) is 13.1 Å². The van der Waals surface area contributed by atoms with E-state index in [-0.39, 0.29) is 5.75 Å². The third-order valence-electron chi connectivity index (χ3n) is 2.57. The van der Waals surface area contributed by atoms with Gasteiger partial charge in [-0.2, -0.15) is 0 Å². The van der Waals surface area contributed by atoms with Crippen molar-refractivity contribution >= 4 is 11.3 Å². The SMILES string of the molecule is FC(F)(F)Oc1csc(C2CCNCC2)c1. The van der Waals surface area contributed by atoms with E-state index in [0.29, 0.717) is 5.92 Å². The first-order valence-corrected chi connectivity index (χ1v) is 5.97. The smallest absolute Gasteiger partial charge is 0.405 e. The molecule has 1 fully saturated rings. The van der Waals surface area contributed by atoms with Crippen molar-refractivity contribution in [2.45, 2.75) is 25.1 Å². The lowest BCUT2D eigenvalue weighted by atomic mass is 9.97. The van der Waals surface area contributed by atoms with Crippen LogP contribution in [0.5, 0.6) is 5.75 Å². The summed E-state index contributed by atoms with van der Waals surface area (Å²) in [5.74, 6) is 0.280. The number of piperidine rings is 1. The van der Waals surface area contributed by atoms with Gasteiger partial charge in [0.15, 0.2) is 0 Å². The monoisotopic (exact) mass is 251 g/mol. The van der Waals surface area contributed by atoms with Crippen LogP contribution in [0, 0.1) is 0 Å². The van der Waals surface area contributed by atoms with Crippen LogP contribution in [0.3, 0.4) is 0 Å². The highest BCUT2D eigenvalue weighted by Crippen LogP contribution is 2.35. The molecule has 2 heterocycles. The van der Waals surface area contributed by atoms with Gasteiger partial charge in [-0.3, -0.25) is 0 Å². The quantitative estimate of drug-likeness (QED) is 0.872. The Bertz CT molecular complexity index is 344. The number of halogens is 3. The summed E-state index contributed by atoms with van der Waals surface area (Å²) < 4.78 is 39.8. The van der Waals surface area contributed by atoms with Crippen molar-refractivity contribution in [1.29, 1.82) is 0 Å². The summed E-state index contributed by atoms with van der Waals surface area (Å²) in [5.41, 5.74) is 0. The number of rotatable bonds is 2.